The number of rotatable bonds is 4. The highest BCUT2D eigenvalue weighted by Crippen LogP contribution is 2.36. The Bertz CT molecular complexity index is 308. The Morgan fingerprint density at radius 1 is 1.29 bits per heavy atom. The third-order valence-electron chi connectivity index (χ3n) is 2.97. The van der Waals surface area contributed by atoms with Gasteiger partial charge in [-0.3, -0.25) is 4.79 Å². The van der Waals surface area contributed by atoms with Gasteiger partial charge in [-0.05, 0) is 18.1 Å². The SMILES string of the molecule is CC(=O)SCC#CCCO[Si](C)(C)C(C)(C)C. The maximum atomic E-state index is 10.7. The van der Waals surface area contributed by atoms with Gasteiger partial charge in [0, 0.05) is 20.0 Å². The fourth-order valence-corrected chi connectivity index (χ4v) is 2.27. The quantitative estimate of drug-likeness (QED) is 0.443. The summed E-state index contributed by atoms with van der Waals surface area (Å²) < 4.78 is 5.98. The van der Waals surface area contributed by atoms with Gasteiger partial charge in [0.2, 0.25) is 0 Å². The van der Waals surface area contributed by atoms with Crippen molar-refractivity contribution in [3.63, 3.8) is 0 Å². The number of hydrogen-bond donors (Lipinski definition) is 0. The van der Waals surface area contributed by atoms with Crippen LogP contribution < -0.4 is 0 Å². The van der Waals surface area contributed by atoms with Crippen molar-refractivity contribution in [2.45, 2.75) is 52.2 Å². The van der Waals surface area contributed by atoms with E-state index in [2.05, 4.69) is 45.7 Å². The van der Waals surface area contributed by atoms with Crippen LogP contribution in [0.15, 0.2) is 0 Å². The second-order valence-electron chi connectivity index (χ2n) is 5.49. The lowest BCUT2D eigenvalue weighted by atomic mass is 10.2. The van der Waals surface area contributed by atoms with Crippen molar-refractivity contribution < 1.29 is 9.22 Å². The minimum Gasteiger partial charge on any atom is -0.416 e. The highest BCUT2D eigenvalue weighted by molar-refractivity contribution is 8.13. The molecule has 0 aromatic heterocycles. The molecule has 0 aliphatic rings. The van der Waals surface area contributed by atoms with E-state index in [0.29, 0.717) is 12.4 Å². The molecular weight excluding hydrogens is 248 g/mol. The van der Waals surface area contributed by atoms with Gasteiger partial charge in [0.15, 0.2) is 13.4 Å². The molecule has 0 N–H and O–H groups in total. The van der Waals surface area contributed by atoms with Gasteiger partial charge in [0.05, 0.1) is 5.75 Å². The third-order valence-corrected chi connectivity index (χ3v) is 8.20. The summed E-state index contributed by atoms with van der Waals surface area (Å²) in [6, 6.07) is 0. The van der Waals surface area contributed by atoms with Crippen LogP contribution in [0.5, 0.6) is 0 Å². The van der Waals surface area contributed by atoms with Crippen molar-refractivity contribution in [1.82, 2.24) is 0 Å². The summed E-state index contributed by atoms with van der Waals surface area (Å²) in [7, 11) is -1.62. The van der Waals surface area contributed by atoms with Crippen molar-refractivity contribution in [2.75, 3.05) is 12.4 Å². The summed E-state index contributed by atoms with van der Waals surface area (Å²) in [5.74, 6) is 6.60. The molecule has 0 aromatic carbocycles. The predicted molar refractivity (Wildman–Crippen MR) is 78.7 cm³/mol. The molecule has 0 radical (unpaired) electrons. The van der Waals surface area contributed by atoms with E-state index in [0.717, 1.165) is 6.42 Å². The Balaban J connectivity index is 3.82. The minimum absolute atomic E-state index is 0.122. The van der Waals surface area contributed by atoms with Gasteiger partial charge >= 0.3 is 0 Å². The zero-order valence-electron chi connectivity index (χ0n) is 11.8. The van der Waals surface area contributed by atoms with E-state index in [4.69, 9.17) is 4.43 Å². The van der Waals surface area contributed by atoms with E-state index in [1.54, 1.807) is 6.92 Å². The van der Waals surface area contributed by atoms with Gasteiger partial charge in [-0.1, -0.05) is 38.5 Å². The fraction of sp³-hybridized carbons (Fsp3) is 0.769. The number of thioether (sulfide) groups is 1. The van der Waals surface area contributed by atoms with Crippen LogP contribution in [-0.2, 0) is 9.22 Å². The first-order chi connectivity index (χ1) is 7.67. The topological polar surface area (TPSA) is 26.3 Å². The Morgan fingerprint density at radius 3 is 2.35 bits per heavy atom. The average Bonchev–Trinajstić information content (AvgIpc) is 2.13. The number of carbonyl (C=O) groups excluding carboxylic acids is 1. The van der Waals surface area contributed by atoms with Crippen LogP contribution >= 0.6 is 11.8 Å². The van der Waals surface area contributed by atoms with E-state index in [1.165, 1.54) is 11.8 Å². The first-order valence-electron chi connectivity index (χ1n) is 5.90. The largest absolute Gasteiger partial charge is 0.416 e. The normalized spacial score (nSPS) is 11.9. The minimum atomic E-state index is -1.62. The average molecular weight is 272 g/mol. The summed E-state index contributed by atoms with van der Waals surface area (Å²) in [5.41, 5.74) is 0. The Morgan fingerprint density at radius 2 is 1.88 bits per heavy atom. The van der Waals surface area contributed by atoms with E-state index in [-0.39, 0.29) is 10.2 Å². The van der Waals surface area contributed by atoms with Gasteiger partial charge in [0.1, 0.15) is 0 Å². The second kappa shape index (κ2) is 7.25. The van der Waals surface area contributed by atoms with Crippen molar-refractivity contribution >= 4 is 25.2 Å². The maximum absolute atomic E-state index is 10.7. The van der Waals surface area contributed by atoms with Crippen LogP contribution in [0.4, 0.5) is 0 Å². The van der Waals surface area contributed by atoms with E-state index < -0.39 is 8.32 Å². The van der Waals surface area contributed by atoms with Gasteiger partial charge in [-0.15, -0.1) is 5.92 Å². The summed E-state index contributed by atoms with van der Waals surface area (Å²) >= 11 is 1.25. The molecule has 0 unspecified atom stereocenters. The van der Waals surface area contributed by atoms with Gasteiger partial charge < -0.3 is 4.43 Å². The Kier molecular flexibility index (Phi) is 7.15. The number of hydrogen-bond acceptors (Lipinski definition) is 3. The molecule has 0 atom stereocenters. The molecule has 0 saturated heterocycles. The monoisotopic (exact) mass is 272 g/mol. The van der Waals surface area contributed by atoms with Crippen LogP contribution in [0.25, 0.3) is 0 Å². The van der Waals surface area contributed by atoms with Crippen molar-refractivity contribution in [3.05, 3.63) is 0 Å². The predicted octanol–water partition coefficient (Wildman–Crippen LogP) is 3.68. The lowest BCUT2D eigenvalue weighted by molar-refractivity contribution is -0.109. The van der Waals surface area contributed by atoms with E-state index in [1.807, 2.05) is 0 Å². The molecule has 0 rings (SSSR count). The first-order valence-corrected chi connectivity index (χ1v) is 9.79. The molecule has 0 saturated carbocycles. The zero-order valence-corrected chi connectivity index (χ0v) is 13.7. The maximum Gasteiger partial charge on any atom is 0.192 e. The summed E-state index contributed by atoms with van der Waals surface area (Å²) in [4.78, 5) is 10.7. The van der Waals surface area contributed by atoms with Gasteiger partial charge in [0.25, 0.3) is 0 Å². The molecule has 0 amide bonds. The van der Waals surface area contributed by atoms with E-state index in [9.17, 15) is 4.79 Å². The summed E-state index contributed by atoms with van der Waals surface area (Å²) in [6.45, 7) is 13.4. The summed E-state index contributed by atoms with van der Waals surface area (Å²) in [5, 5.41) is 0.377. The lowest BCUT2D eigenvalue weighted by Crippen LogP contribution is -2.40. The molecule has 0 aliphatic heterocycles. The molecule has 4 heteroatoms. The first kappa shape index (κ1) is 16.8. The molecule has 17 heavy (non-hydrogen) atoms. The third kappa shape index (κ3) is 7.64. The Labute approximate surface area is 111 Å². The van der Waals surface area contributed by atoms with Crippen molar-refractivity contribution in [3.8, 4) is 11.8 Å². The van der Waals surface area contributed by atoms with Crippen LogP contribution in [-0.4, -0.2) is 25.8 Å². The fourth-order valence-electron chi connectivity index (χ4n) is 0.851. The smallest absolute Gasteiger partial charge is 0.192 e. The van der Waals surface area contributed by atoms with Gasteiger partial charge in [-0.25, -0.2) is 0 Å². The molecule has 0 aromatic rings. The zero-order chi connectivity index (χ0) is 13.5. The number of carbonyl (C=O) groups is 1. The molecule has 0 bridgehead atoms. The lowest BCUT2D eigenvalue weighted by Gasteiger charge is -2.35. The standard InChI is InChI=1S/C13H24O2SSi/c1-12(14)16-11-9-7-8-10-15-17(5,6)13(2,3)4/h8,10-11H2,1-6H3. The van der Waals surface area contributed by atoms with Crippen molar-refractivity contribution in [2.24, 2.45) is 0 Å². The van der Waals surface area contributed by atoms with Crippen LogP contribution in [0.3, 0.4) is 0 Å². The highest BCUT2D eigenvalue weighted by atomic mass is 32.2. The van der Waals surface area contributed by atoms with E-state index >= 15 is 0 Å². The molecule has 0 heterocycles. The molecule has 2 nitrogen and oxygen atoms in total. The van der Waals surface area contributed by atoms with Gasteiger partial charge in [-0.2, -0.15) is 0 Å². The van der Waals surface area contributed by atoms with Crippen LogP contribution in [0.1, 0.15) is 34.1 Å². The van der Waals surface area contributed by atoms with Crippen molar-refractivity contribution in [1.29, 1.82) is 0 Å². The molecule has 0 spiro atoms. The van der Waals surface area contributed by atoms with Crippen LogP contribution in [0.2, 0.25) is 18.1 Å². The molecule has 98 valence electrons. The molecular formula is C13H24O2SSi. The molecule has 0 aliphatic carbocycles. The second-order valence-corrected chi connectivity index (χ2v) is 11.5. The summed E-state index contributed by atoms with van der Waals surface area (Å²) in [6.07, 6.45) is 0.755. The van der Waals surface area contributed by atoms with Crippen LogP contribution in [0, 0.1) is 11.8 Å². The Hall–Kier alpha value is -0.243. The molecule has 0 fully saturated rings. The highest BCUT2D eigenvalue weighted by Gasteiger charge is 2.36.